The summed E-state index contributed by atoms with van der Waals surface area (Å²) in [4.78, 5) is 0. The molecule has 0 heterocycles. The summed E-state index contributed by atoms with van der Waals surface area (Å²) >= 11 is 0. The molecular formula is C21H40O2. The summed E-state index contributed by atoms with van der Waals surface area (Å²) in [5.41, 5.74) is 0. The molecule has 0 saturated heterocycles. The molecule has 2 nitrogen and oxygen atoms in total. The summed E-state index contributed by atoms with van der Waals surface area (Å²) in [5.74, 6) is 2.04. The molecule has 0 bridgehead atoms. The first-order valence-electron chi connectivity index (χ1n) is 10.3. The summed E-state index contributed by atoms with van der Waals surface area (Å²) in [7, 11) is 0. The predicted octanol–water partition coefficient (Wildman–Crippen LogP) is 5.98. The van der Waals surface area contributed by atoms with Crippen LogP contribution in [-0.2, 0) is 9.47 Å². The monoisotopic (exact) mass is 324 g/mol. The molecule has 2 aliphatic rings. The van der Waals surface area contributed by atoms with Crippen LogP contribution in [0.2, 0.25) is 0 Å². The summed E-state index contributed by atoms with van der Waals surface area (Å²) in [6.07, 6.45) is 13.6. The van der Waals surface area contributed by atoms with Crippen LogP contribution in [0.25, 0.3) is 0 Å². The molecule has 23 heavy (non-hydrogen) atoms. The largest absolute Gasteiger partial charge is 0.375 e. The van der Waals surface area contributed by atoms with Gasteiger partial charge in [0.2, 0.25) is 0 Å². The molecule has 0 spiro atoms. The second-order valence-corrected chi connectivity index (χ2v) is 8.80. The summed E-state index contributed by atoms with van der Waals surface area (Å²) in [5, 5.41) is 0. The molecule has 136 valence electrons. The van der Waals surface area contributed by atoms with Gasteiger partial charge in [-0.2, -0.15) is 0 Å². The molecule has 0 aromatic rings. The molecule has 2 aliphatic carbocycles. The quantitative estimate of drug-likeness (QED) is 0.547. The minimum atomic E-state index is 0.384. The van der Waals surface area contributed by atoms with E-state index in [0.29, 0.717) is 36.3 Å². The molecular weight excluding hydrogens is 284 g/mol. The molecule has 2 fully saturated rings. The summed E-state index contributed by atoms with van der Waals surface area (Å²) in [6, 6.07) is 0. The average Bonchev–Trinajstić information content (AvgIpc) is 2.99. The van der Waals surface area contributed by atoms with Crippen molar-refractivity contribution < 1.29 is 9.47 Å². The minimum Gasteiger partial charge on any atom is -0.375 e. The fourth-order valence-corrected chi connectivity index (χ4v) is 4.13. The van der Waals surface area contributed by atoms with Crippen LogP contribution in [0.3, 0.4) is 0 Å². The van der Waals surface area contributed by atoms with Crippen molar-refractivity contribution in [3.05, 3.63) is 0 Å². The van der Waals surface area contributed by atoms with Gasteiger partial charge in [0, 0.05) is 0 Å². The molecule has 0 N–H and O–H groups in total. The Labute approximate surface area is 144 Å². The standard InChI is InChI=1S/C21H40O2/c1-15(2)17(5)22-20-12-8-9-18(13-20)14-21(16(3)4)23-19-10-6-7-11-19/h15-21H,6-14H2,1-5H3/t17-,18?,20?,21?/m0/s1. The van der Waals surface area contributed by atoms with Crippen molar-refractivity contribution in [1.29, 1.82) is 0 Å². The van der Waals surface area contributed by atoms with Gasteiger partial charge in [0.25, 0.3) is 0 Å². The van der Waals surface area contributed by atoms with Crippen molar-refractivity contribution in [2.75, 3.05) is 0 Å². The van der Waals surface area contributed by atoms with Gasteiger partial charge in [0.05, 0.1) is 24.4 Å². The Morgan fingerprint density at radius 1 is 0.739 bits per heavy atom. The SMILES string of the molecule is CC(C)C(CC1CCCC(O[C@@H](C)C(C)C)C1)OC1CCCC1. The maximum absolute atomic E-state index is 6.49. The highest BCUT2D eigenvalue weighted by molar-refractivity contribution is 4.80. The molecule has 3 unspecified atom stereocenters. The topological polar surface area (TPSA) is 18.5 Å². The average molecular weight is 325 g/mol. The van der Waals surface area contributed by atoms with Crippen molar-refractivity contribution in [3.63, 3.8) is 0 Å². The van der Waals surface area contributed by atoms with Crippen LogP contribution in [0.1, 0.15) is 92.4 Å². The van der Waals surface area contributed by atoms with E-state index in [1.165, 1.54) is 57.8 Å². The fraction of sp³-hybridized carbons (Fsp3) is 1.00. The van der Waals surface area contributed by atoms with Crippen molar-refractivity contribution in [1.82, 2.24) is 0 Å². The van der Waals surface area contributed by atoms with E-state index < -0.39 is 0 Å². The van der Waals surface area contributed by atoms with Crippen LogP contribution in [0.4, 0.5) is 0 Å². The van der Waals surface area contributed by atoms with Gasteiger partial charge in [0.1, 0.15) is 0 Å². The number of hydrogen-bond donors (Lipinski definition) is 0. The lowest BCUT2D eigenvalue weighted by Gasteiger charge is -2.35. The third-order valence-electron chi connectivity index (χ3n) is 6.06. The lowest BCUT2D eigenvalue weighted by molar-refractivity contribution is -0.0715. The van der Waals surface area contributed by atoms with E-state index in [2.05, 4.69) is 34.6 Å². The number of rotatable bonds is 8. The van der Waals surface area contributed by atoms with Gasteiger partial charge in [-0.25, -0.2) is 0 Å². The summed E-state index contributed by atoms with van der Waals surface area (Å²) in [6.45, 7) is 11.4. The Morgan fingerprint density at radius 3 is 2.00 bits per heavy atom. The lowest BCUT2D eigenvalue weighted by atomic mass is 9.81. The molecule has 0 amide bonds. The highest BCUT2D eigenvalue weighted by Gasteiger charge is 2.29. The first kappa shape index (κ1) is 19.2. The first-order valence-corrected chi connectivity index (χ1v) is 10.3. The van der Waals surface area contributed by atoms with Gasteiger partial charge in [-0.1, -0.05) is 53.4 Å². The van der Waals surface area contributed by atoms with Gasteiger partial charge >= 0.3 is 0 Å². The van der Waals surface area contributed by atoms with E-state index >= 15 is 0 Å². The van der Waals surface area contributed by atoms with Crippen LogP contribution in [0, 0.1) is 17.8 Å². The molecule has 0 aromatic heterocycles. The smallest absolute Gasteiger partial charge is 0.0604 e. The Morgan fingerprint density at radius 2 is 1.39 bits per heavy atom. The zero-order chi connectivity index (χ0) is 16.8. The second kappa shape index (κ2) is 9.42. The van der Waals surface area contributed by atoms with Crippen molar-refractivity contribution >= 4 is 0 Å². The third-order valence-corrected chi connectivity index (χ3v) is 6.06. The Balaban J connectivity index is 1.81. The molecule has 2 heteroatoms. The molecule has 4 atom stereocenters. The van der Waals surface area contributed by atoms with E-state index in [0.717, 1.165) is 5.92 Å². The van der Waals surface area contributed by atoms with E-state index in [1.54, 1.807) is 0 Å². The normalized spacial score (nSPS) is 29.3. The van der Waals surface area contributed by atoms with Gasteiger partial charge in [-0.15, -0.1) is 0 Å². The zero-order valence-electron chi connectivity index (χ0n) is 16.2. The van der Waals surface area contributed by atoms with E-state index in [1.807, 2.05) is 0 Å². The molecule has 0 aliphatic heterocycles. The number of ether oxygens (including phenoxy) is 2. The maximum atomic E-state index is 6.49. The van der Waals surface area contributed by atoms with Crippen molar-refractivity contribution in [3.8, 4) is 0 Å². The van der Waals surface area contributed by atoms with Crippen LogP contribution in [-0.4, -0.2) is 24.4 Å². The van der Waals surface area contributed by atoms with E-state index in [-0.39, 0.29) is 0 Å². The highest BCUT2D eigenvalue weighted by atomic mass is 16.5. The molecule has 0 radical (unpaired) electrons. The predicted molar refractivity (Wildman–Crippen MR) is 97.7 cm³/mol. The summed E-state index contributed by atoms with van der Waals surface area (Å²) < 4.78 is 12.8. The second-order valence-electron chi connectivity index (χ2n) is 8.80. The van der Waals surface area contributed by atoms with Crippen LogP contribution in [0.15, 0.2) is 0 Å². The Bertz CT molecular complexity index is 320. The van der Waals surface area contributed by atoms with Crippen LogP contribution in [0.5, 0.6) is 0 Å². The zero-order valence-corrected chi connectivity index (χ0v) is 16.2. The van der Waals surface area contributed by atoms with Gasteiger partial charge in [-0.05, 0) is 56.8 Å². The first-order chi connectivity index (χ1) is 11.0. The Hall–Kier alpha value is -0.0800. The van der Waals surface area contributed by atoms with Gasteiger partial charge in [-0.3, -0.25) is 0 Å². The molecule has 2 rings (SSSR count). The van der Waals surface area contributed by atoms with Gasteiger partial charge in [0.15, 0.2) is 0 Å². The highest BCUT2D eigenvalue weighted by Crippen LogP contribution is 2.34. The van der Waals surface area contributed by atoms with Crippen LogP contribution >= 0.6 is 0 Å². The molecule has 0 aromatic carbocycles. The third kappa shape index (κ3) is 6.38. The fourth-order valence-electron chi connectivity index (χ4n) is 4.13. The number of hydrogen-bond acceptors (Lipinski definition) is 2. The Kier molecular flexibility index (Phi) is 7.88. The van der Waals surface area contributed by atoms with Crippen molar-refractivity contribution in [2.45, 2.75) is 117 Å². The van der Waals surface area contributed by atoms with E-state index in [9.17, 15) is 0 Å². The maximum Gasteiger partial charge on any atom is 0.0604 e. The van der Waals surface area contributed by atoms with Gasteiger partial charge < -0.3 is 9.47 Å². The minimum absolute atomic E-state index is 0.384. The van der Waals surface area contributed by atoms with E-state index in [4.69, 9.17) is 9.47 Å². The van der Waals surface area contributed by atoms with Crippen LogP contribution < -0.4 is 0 Å². The lowest BCUT2D eigenvalue weighted by Crippen LogP contribution is -2.33. The molecule has 2 saturated carbocycles. The van der Waals surface area contributed by atoms with Crippen molar-refractivity contribution in [2.24, 2.45) is 17.8 Å².